The van der Waals surface area contributed by atoms with Crippen molar-refractivity contribution in [2.45, 2.75) is 51.7 Å². The van der Waals surface area contributed by atoms with E-state index < -0.39 is 5.60 Å². The Kier molecular flexibility index (Phi) is 6.58. The van der Waals surface area contributed by atoms with Crippen LogP contribution in [-0.4, -0.2) is 44.5 Å². The van der Waals surface area contributed by atoms with Gasteiger partial charge in [0.05, 0.1) is 0 Å². The highest BCUT2D eigenvalue weighted by Crippen LogP contribution is 2.19. The topological polar surface area (TPSA) is 59.6 Å². The number of carbonyl (C=O) groups is 1. The third-order valence-corrected chi connectivity index (χ3v) is 3.04. The molecule has 0 aromatic rings. The first-order valence-corrected chi connectivity index (χ1v) is 7.12. The molecule has 0 spiro atoms. The minimum Gasteiger partial charge on any atom is -0.444 e. The fourth-order valence-corrected chi connectivity index (χ4v) is 2.31. The number of nitrogens with one attached hydrogen (secondary N) is 2. The number of likely N-dealkylation sites (N-methyl/N-ethyl adjacent to an activating group) is 1. The Labute approximate surface area is 116 Å². The van der Waals surface area contributed by atoms with Crippen LogP contribution in [0.5, 0.6) is 0 Å². The summed E-state index contributed by atoms with van der Waals surface area (Å²) in [5.41, 5.74) is -0.456. The molecule has 5 heteroatoms. The predicted molar refractivity (Wildman–Crippen MR) is 75.2 cm³/mol. The van der Waals surface area contributed by atoms with Gasteiger partial charge in [0.15, 0.2) is 0 Å². The number of ether oxygens (including phenoxy) is 2. The first-order valence-electron chi connectivity index (χ1n) is 7.12. The molecule has 2 N–H and O–H groups in total. The third kappa shape index (κ3) is 7.38. The van der Waals surface area contributed by atoms with E-state index >= 15 is 0 Å². The normalized spacial score (nSPS) is 21.8. The zero-order valence-electron chi connectivity index (χ0n) is 12.6. The second kappa shape index (κ2) is 7.70. The van der Waals surface area contributed by atoms with Gasteiger partial charge in [-0.05, 0) is 53.0 Å². The molecular formula is C14H28N2O3. The van der Waals surface area contributed by atoms with Gasteiger partial charge in [-0.25, -0.2) is 4.79 Å². The van der Waals surface area contributed by atoms with Crippen molar-refractivity contribution >= 4 is 6.09 Å². The molecule has 1 aliphatic rings. The Bertz CT molecular complexity index is 270. The van der Waals surface area contributed by atoms with Gasteiger partial charge in [-0.1, -0.05) is 0 Å². The van der Waals surface area contributed by atoms with Gasteiger partial charge >= 0.3 is 6.09 Å². The van der Waals surface area contributed by atoms with Crippen molar-refractivity contribution in [2.24, 2.45) is 5.92 Å². The van der Waals surface area contributed by atoms with Crippen molar-refractivity contribution < 1.29 is 14.3 Å². The zero-order valence-corrected chi connectivity index (χ0v) is 12.6. The van der Waals surface area contributed by atoms with Gasteiger partial charge in [-0.3, -0.25) is 0 Å². The Morgan fingerprint density at radius 2 is 2.21 bits per heavy atom. The third-order valence-electron chi connectivity index (χ3n) is 3.04. The molecule has 0 aliphatic carbocycles. The number of hydrogen-bond donors (Lipinski definition) is 2. The molecule has 1 amide bonds. The second-order valence-corrected chi connectivity index (χ2v) is 6.22. The van der Waals surface area contributed by atoms with Gasteiger partial charge in [-0.2, -0.15) is 0 Å². The summed E-state index contributed by atoms with van der Waals surface area (Å²) in [6.07, 6.45) is 2.88. The Hall–Kier alpha value is -0.810. The van der Waals surface area contributed by atoms with Crippen molar-refractivity contribution in [1.82, 2.24) is 10.6 Å². The van der Waals surface area contributed by atoms with E-state index in [0.717, 1.165) is 32.6 Å². The maximum Gasteiger partial charge on any atom is 0.407 e. The Morgan fingerprint density at radius 3 is 2.74 bits per heavy atom. The summed E-state index contributed by atoms with van der Waals surface area (Å²) in [4.78, 5) is 11.8. The number of hydrogen-bond acceptors (Lipinski definition) is 4. The van der Waals surface area contributed by atoms with E-state index in [9.17, 15) is 4.79 Å². The molecule has 0 aromatic heterocycles. The van der Waals surface area contributed by atoms with E-state index in [-0.39, 0.29) is 12.1 Å². The molecule has 2 atom stereocenters. The summed E-state index contributed by atoms with van der Waals surface area (Å²) < 4.78 is 10.8. The zero-order chi connectivity index (χ0) is 14.3. The fraction of sp³-hybridized carbons (Fsp3) is 0.929. The first kappa shape index (κ1) is 16.2. The molecular weight excluding hydrogens is 244 g/mol. The summed E-state index contributed by atoms with van der Waals surface area (Å²) in [6, 6.07) is 0.0894. The summed E-state index contributed by atoms with van der Waals surface area (Å²) >= 11 is 0. The number of amides is 1. The molecule has 0 saturated carbocycles. The lowest BCUT2D eigenvalue weighted by atomic mass is 9.94. The molecule has 5 nitrogen and oxygen atoms in total. The Morgan fingerprint density at radius 1 is 1.47 bits per heavy atom. The number of rotatable bonds is 5. The number of alkyl carbamates (subject to hydrolysis) is 1. The monoisotopic (exact) mass is 272 g/mol. The molecule has 0 bridgehead atoms. The molecule has 1 heterocycles. The van der Waals surface area contributed by atoms with Crippen LogP contribution in [0.25, 0.3) is 0 Å². The molecule has 19 heavy (non-hydrogen) atoms. The van der Waals surface area contributed by atoms with E-state index in [0.29, 0.717) is 5.92 Å². The van der Waals surface area contributed by atoms with E-state index in [1.807, 2.05) is 27.8 Å². The molecule has 1 saturated heterocycles. The maximum absolute atomic E-state index is 11.8. The van der Waals surface area contributed by atoms with Gasteiger partial charge in [0, 0.05) is 25.8 Å². The SMILES string of the molecule is CNC[C@H](CC1CCCOC1)NC(=O)OC(C)(C)C. The highest BCUT2D eigenvalue weighted by atomic mass is 16.6. The van der Waals surface area contributed by atoms with E-state index in [1.54, 1.807) is 0 Å². The van der Waals surface area contributed by atoms with Gasteiger partial charge in [-0.15, -0.1) is 0 Å². The van der Waals surface area contributed by atoms with Crippen LogP contribution in [0.4, 0.5) is 4.79 Å². The smallest absolute Gasteiger partial charge is 0.407 e. The van der Waals surface area contributed by atoms with Gasteiger partial charge in [0.25, 0.3) is 0 Å². The number of carbonyl (C=O) groups excluding carboxylic acids is 1. The van der Waals surface area contributed by atoms with Gasteiger partial charge in [0.2, 0.25) is 0 Å². The quantitative estimate of drug-likeness (QED) is 0.802. The lowest BCUT2D eigenvalue weighted by Crippen LogP contribution is -2.45. The average molecular weight is 272 g/mol. The van der Waals surface area contributed by atoms with Crippen LogP contribution in [0.3, 0.4) is 0 Å². The van der Waals surface area contributed by atoms with Crippen LogP contribution in [0, 0.1) is 5.92 Å². The van der Waals surface area contributed by atoms with E-state index in [2.05, 4.69) is 10.6 Å². The Balaban J connectivity index is 2.40. The fourth-order valence-electron chi connectivity index (χ4n) is 2.31. The van der Waals surface area contributed by atoms with Crippen LogP contribution >= 0.6 is 0 Å². The summed E-state index contributed by atoms with van der Waals surface area (Å²) in [5.74, 6) is 0.530. The van der Waals surface area contributed by atoms with Crippen molar-refractivity contribution in [3.63, 3.8) is 0 Å². The standard InChI is InChI=1S/C14H28N2O3/c1-14(2,3)19-13(17)16-12(9-15-4)8-11-6-5-7-18-10-11/h11-12,15H,5-10H2,1-4H3,(H,16,17)/t11?,12-/m0/s1. The summed E-state index contributed by atoms with van der Waals surface area (Å²) in [7, 11) is 1.89. The molecule has 0 aromatic carbocycles. The van der Waals surface area contributed by atoms with Crippen LogP contribution in [0.1, 0.15) is 40.0 Å². The van der Waals surface area contributed by atoms with Crippen LogP contribution in [-0.2, 0) is 9.47 Å². The van der Waals surface area contributed by atoms with Gasteiger partial charge in [0.1, 0.15) is 5.60 Å². The maximum atomic E-state index is 11.8. The second-order valence-electron chi connectivity index (χ2n) is 6.22. The molecule has 0 radical (unpaired) electrons. The summed E-state index contributed by atoms with van der Waals surface area (Å²) in [5, 5.41) is 6.06. The van der Waals surface area contributed by atoms with Crippen LogP contribution in [0.15, 0.2) is 0 Å². The molecule has 1 unspecified atom stereocenters. The minimum absolute atomic E-state index is 0.0894. The largest absolute Gasteiger partial charge is 0.444 e. The molecule has 1 fully saturated rings. The highest BCUT2D eigenvalue weighted by Gasteiger charge is 2.23. The van der Waals surface area contributed by atoms with Crippen LogP contribution in [0.2, 0.25) is 0 Å². The van der Waals surface area contributed by atoms with Crippen molar-refractivity contribution in [3.8, 4) is 0 Å². The summed E-state index contributed by atoms with van der Waals surface area (Å²) in [6.45, 7) is 8.02. The predicted octanol–water partition coefficient (Wildman–Crippen LogP) is 1.92. The van der Waals surface area contributed by atoms with E-state index in [1.165, 1.54) is 6.42 Å². The molecule has 112 valence electrons. The lowest BCUT2D eigenvalue weighted by Gasteiger charge is -2.28. The van der Waals surface area contributed by atoms with Crippen molar-refractivity contribution in [3.05, 3.63) is 0 Å². The molecule has 1 rings (SSSR count). The van der Waals surface area contributed by atoms with E-state index in [4.69, 9.17) is 9.47 Å². The van der Waals surface area contributed by atoms with Crippen molar-refractivity contribution in [2.75, 3.05) is 26.8 Å². The average Bonchev–Trinajstić information content (AvgIpc) is 2.27. The minimum atomic E-state index is -0.456. The van der Waals surface area contributed by atoms with Gasteiger partial charge < -0.3 is 20.1 Å². The van der Waals surface area contributed by atoms with Crippen LogP contribution < -0.4 is 10.6 Å². The van der Waals surface area contributed by atoms with Crippen molar-refractivity contribution in [1.29, 1.82) is 0 Å². The first-order chi connectivity index (χ1) is 8.90. The lowest BCUT2D eigenvalue weighted by molar-refractivity contribution is 0.0389. The highest BCUT2D eigenvalue weighted by molar-refractivity contribution is 5.68. The molecule has 1 aliphatic heterocycles.